The van der Waals surface area contributed by atoms with Crippen molar-refractivity contribution in [3.8, 4) is 10.4 Å². The van der Waals surface area contributed by atoms with E-state index in [-0.39, 0.29) is 5.97 Å². The Bertz CT molecular complexity index is 930. The summed E-state index contributed by atoms with van der Waals surface area (Å²) in [5.41, 5.74) is 4.01. The average Bonchev–Trinajstić information content (AvgIpc) is 3.03. The number of aliphatic imine (C=N–C) groups is 1. The maximum Gasteiger partial charge on any atom is 0.315 e. The number of hydrogen-bond donors (Lipinski definition) is 0. The van der Waals surface area contributed by atoms with Gasteiger partial charge in [0.15, 0.2) is 0 Å². The van der Waals surface area contributed by atoms with Gasteiger partial charge in [-0.15, -0.1) is 11.3 Å². The van der Waals surface area contributed by atoms with Crippen LogP contribution >= 0.6 is 11.3 Å². The van der Waals surface area contributed by atoms with Crippen LogP contribution in [0.15, 0.2) is 82.6 Å². The Labute approximate surface area is 144 Å². The van der Waals surface area contributed by atoms with Gasteiger partial charge in [-0.2, -0.15) is 0 Å². The molecule has 0 atom stereocenters. The molecule has 0 amide bonds. The molecule has 0 N–H and O–H groups in total. The molecule has 118 valence electrons. The van der Waals surface area contributed by atoms with E-state index < -0.39 is 0 Å². The number of esters is 1. The lowest BCUT2D eigenvalue weighted by molar-refractivity contribution is -0.138. The van der Waals surface area contributed by atoms with Crippen LogP contribution in [0.2, 0.25) is 0 Å². The van der Waals surface area contributed by atoms with E-state index in [2.05, 4.69) is 23.2 Å². The lowest BCUT2D eigenvalue weighted by atomic mass is 9.97. The van der Waals surface area contributed by atoms with Crippen LogP contribution in [0.3, 0.4) is 0 Å². The van der Waals surface area contributed by atoms with Gasteiger partial charge in [0, 0.05) is 16.5 Å². The van der Waals surface area contributed by atoms with Crippen LogP contribution in [0.1, 0.15) is 13.3 Å². The minimum atomic E-state index is -0.209. The van der Waals surface area contributed by atoms with Crippen molar-refractivity contribution in [3.05, 3.63) is 77.6 Å². The third kappa shape index (κ3) is 2.88. The number of carbonyl (C=O) groups excluding carboxylic acids is 1. The Morgan fingerprint density at radius 2 is 1.92 bits per heavy atom. The van der Waals surface area contributed by atoms with Crippen LogP contribution in [-0.2, 0) is 9.53 Å². The summed E-state index contributed by atoms with van der Waals surface area (Å²) in [6.07, 6.45) is 6.12. The molecule has 0 bridgehead atoms. The molecule has 2 aliphatic rings. The van der Waals surface area contributed by atoms with Gasteiger partial charge in [-0.3, -0.25) is 4.79 Å². The van der Waals surface area contributed by atoms with Gasteiger partial charge < -0.3 is 4.74 Å². The Hall–Kier alpha value is -2.72. The fraction of sp³-hybridized carbons (Fsp3) is 0.100. The van der Waals surface area contributed by atoms with Gasteiger partial charge >= 0.3 is 5.97 Å². The number of fused-ring (bicyclic) bond motifs is 1. The van der Waals surface area contributed by atoms with Crippen molar-refractivity contribution in [3.63, 3.8) is 0 Å². The fourth-order valence-corrected chi connectivity index (χ4v) is 3.66. The highest BCUT2D eigenvalue weighted by Crippen LogP contribution is 2.34. The Morgan fingerprint density at radius 3 is 2.75 bits per heavy atom. The van der Waals surface area contributed by atoms with Crippen molar-refractivity contribution in [1.82, 2.24) is 0 Å². The highest BCUT2D eigenvalue weighted by molar-refractivity contribution is 7.19. The molecule has 4 heteroatoms. The summed E-state index contributed by atoms with van der Waals surface area (Å²) >= 11 is 1.64. The standard InChI is InChI=1S/C20H15NO2S/c1-13-11-20(22)23-17-12-15(7-8-16(13)17)21-19-10-9-18(24-19)14-5-3-2-4-6-14/h2-10,12H,11H2,1H3. The molecule has 1 aromatic carbocycles. The summed E-state index contributed by atoms with van der Waals surface area (Å²) < 4.78 is 5.34. The highest BCUT2D eigenvalue weighted by Gasteiger charge is 2.22. The monoisotopic (exact) mass is 333 g/mol. The zero-order chi connectivity index (χ0) is 16.5. The third-order valence-corrected chi connectivity index (χ3v) is 4.98. The largest absolute Gasteiger partial charge is 0.426 e. The lowest BCUT2D eigenvalue weighted by Gasteiger charge is -2.20. The van der Waals surface area contributed by atoms with Crippen LogP contribution in [0.25, 0.3) is 10.4 Å². The minimum absolute atomic E-state index is 0.209. The molecule has 0 saturated heterocycles. The van der Waals surface area contributed by atoms with Gasteiger partial charge in [0.05, 0.1) is 12.1 Å². The molecule has 1 aliphatic carbocycles. The molecule has 0 unspecified atom stereocenters. The molecule has 0 radical (unpaired) electrons. The maximum atomic E-state index is 11.6. The van der Waals surface area contributed by atoms with Gasteiger partial charge in [-0.05, 0) is 36.8 Å². The molecule has 1 aromatic heterocycles. The number of thiophene rings is 1. The van der Waals surface area contributed by atoms with Crippen molar-refractivity contribution in [2.45, 2.75) is 13.3 Å². The summed E-state index contributed by atoms with van der Waals surface area (Å²) in [5.74, 6) is 0.393. The first-order chi connectivity index (χ1) is 11.7. The predicted octanol–water partition coefficient (Wildman–Crippen LogP) is 5.20. The van der Waals surface area contributed by atoms with Crippen LogP contribution in [0.5, 0.6) is 0 Å². The molecular formula is C20H15NO2S. The Kier molecular flexibility index (Phi) is 3.75. The van der Waals surface area contributed by atoms with Gasteiger partial charge in [0.2, 0.25) is 0 Å². The van der Waals surface area contributed by atoms with Crippen LogP contribution in [0.4, 0.5) is 5.00 Å². The minimum Gasteiger partial charge on any atom is -0.426 e. The van der Waals surface area contributed by atoms with Crippen LogP contribution in [0, 0.1) is 0 Å². The molecular weight excluding hydrogens is 318 g/mol. The number of nitrogens with zero attached hydrogens (tertiary/aromatic N) is 1. The molecule has 4 rings (SSSR count). The Morgan fingerprint density at radius 1 is 1.08 bits per heavy atom. The summed E-state index contributed by atoms with van der Waals surface area (Å²) in [6.45, 7) is 1.96. The van der Waals surface area contributed by atoms with Gasteiger partial charge in [-0.1, -0.05) is 35.9 Å². The number of hydrogen-bond acceptors (Lipinski definition) is 4. The lowest BCUT2D eigenvalue weighted by Crippen LogP contribution is -2.16. The number of rotatable bonds is 2. The molecule has 2 heterocycles. The van der Waals surface area contributed by atoms with Gasteiger partial charge in [0.25, 0.3) is 0 Å². The number of benzene rings is 1. The first-order valence-corrected chi connectivity index (χ1v) is 8.55. The van der Waals surface area contributed by atoms with Crippen molar-refractivity contribution >= 4 is 28.0 Å². The smallest absolute Gasteiger partial charge is 0.315 e. The predicted molar refractivity (Wildman–Crippen MR) is 97.5 cm³/mol. The van der Waals surface area contributed by atoms with E-state index in [0.717, 1.165) is 21.9 Å². The molecule has 2 aromatic rings. The van der Waals surface area contributed by atoms with Crippen molar-refractivity contribution < 1.29 is 9.53 Å². The van der Waals surface area contributed by atoms with E-state index in [1.807, 2.05) is 49.4 Å². The van der Waals surface area contributed by atoms with Crippen molar-refractivity contribution in [2.24, 2.45) is 4.99 Å². The first kappa shape index (κ1) is 14.8. The molecule has 0 saturated carbocycles. The van der Waals surface area contributed by atoms with E-state index in [9.17, 15) is 4.79 Å². The third-order valence-electron chi connectivity index (χ3n) is 3.95. The number of allylic oxidation sites excluding steroid dienone is 3. The van der Waals surface area contributed by atoms with Crippen molar-refractivity contribution in [1.29, 1.82) is 0 Å². The quantitative estimate of drug-likeness (QED) is 0.708. The van der Waals surface area contributed by atoms with Crippen molar-refractivity contribution in [2.75, 3.05) is 0 Å². The second-order valence-electron chi connectivity index (χ2n) is 5.73. The topological polar surface area (TPSA) is 38.7 Å². The molecule has 1 aliphatic heterocycles. The number of ether oxygens (including phenoxy) is 1. The van der Waals surface area contributed by atoms with Gasteiger partial charge in [-0.25, -0.2) is 4.99 Å². The number of carbonyl (C=O) groups is 1. The highest BCUT2D eigenvalue weighted by atomic mass is 32.1. The summed E-state index contributed by atoms with van der Waals surface area (Å²) in [5, 5.41) is 0.927. The second kappa shape index (κ2) is 6.06. The zero-order valence-corrected chi connectivity index (χ0v) is 14.0. The zero-order valence-electron chi connectivity index (χ0n) is 13.2. The molecule has 3 nitrogen and oxygen atoms in total. The molecule has 24 heavy (non-hydrogen) atoms. The first-order valence-electron chi connectivity index (χ1n) is 7.73. The van der Waals surface area contributed by atoms with Crippen LogP contribution in [-0.4, -0.2) is 11.7 Å². The second-order valence-corrected chi connectivity index (χ2v) is 6.79. The Balaban J connectivity index is 1.64. The van der Waals surface area contributed by atoms with E-state index in [0.29, 0.717) is 12.2 Å². The SMILES string of the molecule is CC1=C2C=CC(=Nc3ccc(-c4ccccc4)s3)C=C2OC(=O)C1. The maximum absolute atomic E-state index is 11.6. The normalized spacial score (nSPS) is 18.5. The molecule has 0 spiro atoms. The van der Waals surface area contributed by atoms with Gasteiger partial charge in [0.1, 0.15) is 10.8 Å². The van der Waals surface area contributed by atoms with E-state index in [1.165, 1.54) is 10.4 Å². The summed E-state index contributed by atoms with van der Waals surface area (Å²) in [6, 6.07) is 14.3. The fourth-order valence-electron chi connectivity index (χ4n) is 2.76. The van der Waals surface area contributed by atoms with E-state index in [4.69, 9.17) is 4.74 Å². The van der Waals surface area contributed by atoms with E-state index >= 15 is 0 Å². The summed E-state index contributed by atoms with van der Waals surface area (Å²) in [7, 11) is 0. The average molecular weight is 333 g/mol. The molecule has 0 fully saturated rings. The van der Waals surface area contributed by atoms with Crippen LogP contribution < -0.4 is 0 Å². The summed E-state index contributed by atoms with van der Waals surface area (Å²) in [4.78, 5) is 17.4. The van der Waals surface area contributed by atoms with E-state index in [1.54, 1.807) is 11.3 Å².